The van der Waals surface area contributed by atoms with E-state index >= 15 is 0 Å². The Morgan fingerprint density at radius 2 is 1.79 bits per heavy atom. The molecular formula is C21H23N3O4S. The molecule has 1 saturated heterocycles. The number of hydrogen-bond acceptors (Lipinski definition) is 6. The van der Waals surface area contributed by atoms with Crippen molar-refractivity contribution in [3.63, 3.8) is 0 Å². The van der Waals surface area contributed by atoms with Crippen LogP contribution in [0.25, 0.3) is 11.5 Å². The Bertz CT molecular complexity index is 1080. The molecule has 2 aliphatic rings. The number of benzene rings is 1. The fraction of sp³-hybridized carbons (Fsp3) is 0.429. The fourth-order valence-corrected chi connectivity index (χ4v) is 5.23. The molecule has 1 aliphatic carbocycles. The van der Waals surface area contributed by atoms with Crippen LogP contribution in [0.5, 0.6) is 0 Å². The van der Waals surface area contributed by atoms with E-state index in [1.165, 1.54) is 22.2 Å². The Labute approximate surface area is 169 Å². The monoisotopic (exact) mass is 413 g/mol. The first-order chi connectivity index (χ1) is 14.1. The normalized spacial score (nSPS) is 18.9. The van der Waals surface area contributed by atoms with Gasteiger partial charge in [0, 0.05) is 25.1 Å². The van der Waals surface area contributed by atoms with Gasteiger partial charge in [-0.2, -0.15) is 4.31 Å². The zero-order chi connectivity index (χ0) is 19.8. The third kappa shape index (κ3) is 3.86. The summed E-state index contributed by atoms with van der Waals surface area (Å²) in [6, 6.07) is 11.8. The second-order valence-corrected chi connectivity index (χ2v) is 9.78. The number of nitrogens with zero attached hydrogens (tertiary/aromatic N) is 3. The Morgan fingerprint density at radius 3 is 2.52 bits per heavy atom. The second-order valence-electron chi connectivity index (χ2n) is 7.91. The lowest BCUT2D eigenvalue weighted by molar-refractivity contribution is 0.267. The van der Waals surface area contributed by atoms with Gasteiger partial charge in [-0.25, -0.2) is 8.42 Å². The largest absolute Gasteiger partial charge is 0.451 e. The van der Waals surface area contributed by atoms with Crippen LogP contribution in [0.15, 0.2) is 56.6 Å². The topological polar surface area (TPSA) is 89.4 Å². The molecule has 8 heteroatoms. The van der Waals surface area contributed by atoms with Crippen LogP contribution in [0.2, 0.25) is 0 Å². The Balaban J connectivity index is 1.25. The number of furan rings is 1. The molecule has 0 N–H and O–H groups in total. The Kier molecular flexibility index (Phi) is 4.75. The maximum Gasteiger partial charge on any atom is 0.276 e. The van der Waals surface area contributed by atoms with E-state index in [1.54, 1.807) is 0 Å². The standard InChI is InChI=1S/C21H23N3O4S/c25-29(26,24-10-8-16(9-11-24)12-15-4-2-1-3-5-15)19-13-18(14-27-19)21-23-22-20(28-21)17-6-7-17/h1-5,13-14,16-17H,6-12H2. The van der Waals surface area contributed by atoms with E-state index in [0.717, 1.165) is 32.1 Å². The molecule has 152 valence electrons. The molecule has 3 heterocycles. The minimum absolute atomic E-state index is 0.0693. The molecule has 1 aromatic carbocycles. The van der Waals surface area contributed by atoms with Crippen LogP contribution in [-0.2, 0) is 16.4 Å². The third-order valence-corrected chi connectivity index (χ3v) is 7.49. The Morgan fingerprint density at radius 1 is 1.03 bits per heavy atom. The number of rotatable bonds is 6. The van der Waals surface area contributed by atoms with Gasteiger partial charge < -0.3 is 8.83 Å². The van der Waals surface area contributed by atoms with E-state index in [0.29, 0.717) is 42.3 Å². The van der Waals surface area contributed by atoms with Crippen LogP contribution in [0.3, 0.4) is 0 Å². The summed E-state index contributed by atoms with van der Waals surface area (Å²) in [6.07, 6.45) is 6.17. The van der Waals surface area contributed by atoms with Crippen molar-refractivity contribution in [3.05, 3.63) is 54.1 Å². The summed E-state index contributed by atoms with van der Waals surface area (Å²) in [4.78, 5) is 0. The lowest BCUT2D eigenvalue weighted by atomic mass is 9.91. The molecular weight excluding hydrogens is 390 g/mol. The number of aromatic nitrogens is 2. The van der Waals surface area contributed by atoms with Crippen molar-refractivity contribution >= 4 is 10.0 Å². The first-order valence-corrected chi connectivity index (χ1v) is 11.5. The summed E-state index contributed by atoms with van der Waals surface area (Å²) in [5, 5.41) is 7.99. The predicted molar refractivity (Wildman–Crippen MR) is 106 cm³/mol. The first-order valence-electron chi connectivity index (χ1n) is 10.1. The van der Waals surface area contributed by atoms with Gasteiger partial charge in [-0.1, -0.05) is 30.3 Å². The van der Waals surface area contributed by atoms with Crippen LogP contribution in [0.1, 0.15) is 43.1 Å². The van der Waals surface area contributed by atoms with E-state index in [-0.39, 0.29) is 5.09 Å². The van der Waals surface area contributed by atoms with Gasteiger partial charge in [0.15, 0.2) is 0 Å². The van der Waals surface area contributed by atoms with Gasteiger partial charge in [0.1, 0.15) is 6.26 Å². The van der Waals surface area contributed by atoms with Gasteiger partial charge in [-0.05, 0) is 43.6 Å². The average molecular weight is 413 g/mol. The fourth-order valence-electron chi connectivity index (χ4n) is 3.84. The predicted octanol–water partition coefficient (Wildman–Crippen LogP) is 3.85. The van der Waals surface area contributed by atoms with E-state index in [9.17, 15) is 8.42 Å². The molecule has 5 rings (SSSR count). The summed E-state index contributed by atoms with van der Waals surface area (Å²) in [6.45, 7) is 1.00. The van der Waals surface area contributed by atoms with Gasteiger partial charge in [0.2, 0.25) is 11.0 Å². The number of sulfonamides is 1. The van der Waals surface area contributed by atoms with Crippen LogP contribution >= 0.6 is 0 Å². The molecule has 0 unspecified atom stereocenters. The average Bonchev–Trinajstić information content (AvgIpc) is 3.26. The minimum Gasteiger partial charge on any atom is -0.451 e. The van der Waals surface area contributed by atoms with Gasteiger partial charge in [0.25, 0.3) is 15.9 Å². The van der Waals surface area contributed by atoms with Gasteiger partial charge >= 0.3 is 0 Å². The van der Waals surface area contributed by atoms with Crippen molar-refractivity contribution in [1.29, 1.82) is 0 Å². The molecule has 3 aromatic rings. The maximum atomic E-state index is 13.0. The molecule has 0 bridgehead atoms. The molecule has 0 atom stereocenters. The third-order valence-electron chi connectivity index (χ3n) is 5.72. The summed E-state index contributed by atoms with van der Waals surface area (Å²) in [7, 11) is -3.67. The SMILES string of the molecule is O=S(=O)(c1cc(-c2nnc(C3CC3)o2)co1)N1CCC(Cc2ccccc2)CC1. The van der Waals surface area contributed by atoms with Crippen molar-refractivity contribution in [2.75, 3.05) is 13.1 Å². The molecule has 0 amide bonds. The zero-order valence-corrected chi connectivity index (χ0v) is 16.8. The second kappa shape index (κ2) is 7.42. The number of piperidine rings is 1. The molecule has 29 heavy (non-hydrogen) atoms. The van der Waals surface area contributed by atoms with E-state index < -0.39 is 10.0 Å². The molecule has 7 nitrogen and oxygen atoms in total. The highest BCUT2D eigenvalue weighted by atomic mass is 32.2. The van der Waals surface area contributed by atoms with E-state index in [2.05, 4.69) is 22.3 Å². The number of hydrogen-bond donors (Lipinski definition) is 0. The highest BCUT2D eigenvalue weighted by Crippen LogP contribution is 2.40. The van der Waals surface area contributed by atoms with E-state index in [4.69, 9.17) is 8.83 Å². The molecule has 1 aliphatic heterocycles. The van der Waals surface area contributed by atoms with Gasteiger partial charge in [-0.3, -0.25) is 0 Å². The summed E-state index contributed by atoms with van der Waals surface area (Å²) < 4.78 is 38.5. The van der Waals surface area contributed by atoms with Crippen LogP contribution in [-0.4, -0.2) is 36.0 Å². The molecule has 2 aromatic heterocycles. The lowest BCUT2D eigenvalue weighted by Gasteiger charge is -2.30. The summed E-state index contributed by atoms with van der Waals surface area (Å²) in [5.41, 5.74) is 1.80. The van der Waals surface area contributed by atoms with E-state index in [1.807, 2.05) is 18.2 Å². The maximum absolute atomic E-state index is 13.0. The quantitative estimate of drug-likeness (QED) is 0.610. The van der Waals surface area contributed by atoms with Crippen LogP contribution in [0, 0.1) is 5.92 Å². The molecule has 0 spiro atoms. The summed E-state index contributed by atoms with van der Waals surface area (Å²) in [5.74, 6) is 1.77. The smallest absolute Gasteiger partial charge is 0.276 e. The zero-order valence-electron chi connectivity index (χ0n) is 16.0. The highest BCUT2D eigenvalue weighted by Gasteiger charge is 2.33. The minimum atomic E-state index is -3.67. The van der Waals surface area contributed by atoms with Crippen molar-refractivity contribution in [2.45, 2.75) is 43.1 Å². The Hall–Kier alpha value is -2.45. The van der Waals surface area contributed by atoms with Crippen LogP contribution < -0.4 is 0 Å². The highest BCUT2D eigenvalue weighted by molar-refractivity contribution is 7.89. The molecule has 0 radical (unpaired) electrons. The van der Waals surface area contributed by atoms with Crippen molar-refractivity contribution in [3.8, 4) is 11.5 Å². The first kappa shape index (κ1) is 18.6. The molecule has 1 saturated carbocycles. The van der Waals surface area contributed by atoms with Crippen molar-refractivity contribution < 1.29 is 17.3 Å². The van der Waals surface area contributed by atoms with Gasteiger partial charge in [-0.15, -0.1) is 10.2 Å². The molecule has 2 fully saturated rings. The van der Waals surface area contributed by atoms with Gasteiger partial charge in [0.05, 0.1) is 5.56 Å². The van der Waals surface area contributed by atoms with Crippen LogP contribution in [0.4, 0.5) is 0 Å². The van der Waals surface area contributed by atoms with Crippen molar-refractivity contribution in [1.82, 2.24) is 14.5 Å². The lowest BCUT2D eigenvalue weighted by Crippen LogP contribution is -2.38. The van der Waals surface area contributed by atoms with Crippen molar-refractivity contribution in [2.24, 2.45) is 5.92 Å². The summed E-state index contributed by atoms with van der Waals surface area (Å²) >= 11 is 0.